The van der Waals surface area contributed by atoms with Gasteiger partial charge in [0.05, 0.1) is 97.3 Å². The Hall–Kier alpha value is -5.36. The number of halogens is 8. The summed E-state index contributed by atoms with van der Waals surface area (Å²) >= 11 is 55.0. The highest BCUT2D eigenvalue weighted by Crippen LogP contribution is 2.45. The third-order valence-electron chi connectivity index (χ3n) is 17.8. The summed E-state index contributed by atoms with van der Waals surface area (Å²) in [7, 11) is 0. The van der Waals surface area contributed by atoms with Crippen molar-refractivity contribution in [2.45, 2.75) is 174 Å². The SMILES string of the molecule is CCCCCCCCCCCC[N+]1(c2ccc(Cl)c(Nc3[nH]n(-c4c(Cl)cc(Cl)cc4Cl)c(=O)c3C(c3ccccc3)c3c(Nc4cc([N+]5(CCCCCCCCCCCC)C(=O)CCC5=O)ccc4Cl)[nH]n(-c4c(Cl)cc(Cl)cc4Cl)c3=O)c2)C(=O)CCC1=O. The molecule has 0 radical (unpaired) electrons. The predicted octanol–water partition coefficient (Wildman–Crippen LogP) is 20.7. The normalized spacial score (nSPS) is 14.6. The van der Waals surface area contributed by atoms with Crippen molar-refractivity contribution in [3.8, 4) is 11.4 Å². The maximum absolute atomic E-state index is 16.0. The lowest BCUT2D eigenvalue weighted by atomic mass is 9.86. The van der Waals surface area contributed by atoms with Crippen LogP contribution in [-0.2, 0) is 19.2 Å². The standard InChI is InChI=1S/C69H76Cl8N8O6/c1-3-5-7-9-11-13-15-17-19-24-36-84(57(86)32-33-58(84)87)47-28-30-49(72)55(42-47)78-66-62(68(90)82(80-66)64-51(74)38-45(70)39-52(64)75)61(44-26-22-21-23-27-44)63-67(81-83(69(63)91)65-53(76)40-46(71)41-54(65)77)79-56-43-48(29-31-50(56)73)85(59(88)34-35-60(85)89)37-25-20-18-16-14-12-10-8-6-4-2/h21-23,26-31,38-43,61H,3-20,24-25,32-37H2,1-2H3,(H2-2,78,79,80,81,90,91)/p+2. The average molecular weight is 1400 g/mol. The molecule has 9 rings (SSSR count). The second-order valence-corrected chi connectivity index (χ2v) is 27.3. The van der Waals surface area contributed by atoms with E-state index >= 15 is 9.59 Å². The zero-order chi connectivity index (χ0) is 65.0. The summed E-state index contributed by atoms with van der Waals surface area (Å²) in [6, 6.07) is 24.4. The Morgan fingerprint density at radius 2 is 0.725 bits per heavy atom. The molecule has 0 bridgehead atoms. The number of aromatic amines is 2. The van der Waals surface area contributed by atoms with Crippen molar-refractivity contribution in [3.05, 3.63) is 169 Å². The van der Waals surface area contributed by atoms with E-state index in [1.54, 1.807) is 66.7 Å². The van der Waals surface area contributed by atoms with E-state index in [4.69, 9.17) is 92.8 Å². The minimum absolute atomic E-state index is 0.00353. The molecule has 0 atom stereocenters. The van der Waals surface area contributed by atoms with Gasteiger partial charge in [0.15, 0.2) is 0 Å². The van der Waals surface area contributed by atoms with Crippen molar-refractivity contribution in [1.29, 1.82) is 0 Å². The molecule has 0 aliphatic carbocycles. The van der Waals surface area contributed by atoms with Crippen LogP contribution in [0.2, 0.25) is 40.2 Å². The summed E-state index contributed by atoms with van der Waals surface area (Å²) in [6.07, 6.45) is 21.8. The maximum atomic E-state index is 16.0. The van der Waals surface area contributed by atoms with Crippen LogP contribution in [0.3, 0.4) is 0 Å². The topological polar surface area (TPSA) is 168 Å². The van der Waals surface area contributed by atoms with Gasteiger partial charge in [-0.2, -0.15) is 8.97 Å². The summed E-state index contributed by atoms with van der Waals surface area (Å²) in [5.41, 5.74) is 0.00661. The Bertz CT molecular complexity index is 3590. The number of quaternary nitrogens is 2. The third kappa shape index (κ3) is 15.6. The van der Waals surface area contributed by atoms with Crippen molar-refractivity contribution < 1.29 is 19.2 Å². The van der Waals surface area contributed by atoms with Crippen molar-refractivity contribution in [2.24, 2.45) is 0 Å². The van der Waals surface area contributed by atoms with Crippen molar-refractivity contribution in [1.82, 2.24) is 28.5 Å². The second-order valence-electron chi connectivity index (χ2n) is 23.9. The lowest BCUT2D eigenvalue weighted by Gasteiger charge is -2.29. The Kier molecular flexibility index (Phi) is 24.7. The number of unbranched alkanes of at least 4 members (excludes halogenated alkanes) is 18. The summed E-state index contributed by atoms with van der Waals surface area (Å²) in [4.78, 5) is 89.0. The quantitative estimate of drug-likeness (QED) is 0.0179. The number of carbonyl (C=O) groups excluding carboxylic acids is 4. The van der Waals surface area contributed by atoms with Gasteiger partial charge in [-0.05, 0) is 67.6 Å². The molecule has 14 nitrogen and oxygen atoms in total. The van der Waals surface area contributed by atoms with E-state index in [0.29, 0.717) is 29.8 Å². The number of likely N-dealkylation sites (tertiary alicyclic amines) is 2. The van der Waals surface area contributed by atoms with Crippen LogP contribution in [0.15, 0.2) is 101 Å². The summed E-state index contributed by atoms with van der Waals surface area (Å²) in [6.45, 7) is 4.93. The van der Waals surface area contributed by atoms with E-state index in [9.17, 15) is 19.2 Å². The number of H-pyrrole nitrogens is 2. The van der Waals surface area contributed by atoms with Gasteiger partial charge in [0.25, 0.3) is 11.1 Å². The van der Waals surface area contributed by atoms with Gasteiger partial charge < -0.3 is 10.6 Å². The van der Waals surface area contributed by atoms with Gasteiger partial charge in [0, 0.05) is 34.3 Å². The summed E-state index contributed by atoms with van der Waals surface area (Å²) < 4.78 is 1.25. The molecule has 484 valence electrons. The number of anilines is 4. The summed E-state index contributed by atoms with van der Waals surface area (Å²) in [5, 5.41) is 13.9. The first-order valence-electron chi connectivity index (χ1n) is 31.9. The number of hydrogen-bond donors (Lipinski definition) is 4. The van der Waals surface area contributed by atoms with E-state index in [1.807, 2.05) is 0 Å². The lowest BCUT2D eigenvalue weighted by molar-refractivity contribution is -0.139. The molecule has 22 heteroatoms. The molecule has 7 aromatic rings. The molecule has 0 spiro atoms. The fourth-order valence-corrected chi connectivity index (χ4v) is 15.3. The molecule has 4 N–H and O–H groups in total. The number of aromatic nitrogens is 4. The third-order valence-corrected chi connectivity index (χ3v) is 20.0. The lowest BCUT2D eigenvalue weighted by Crippen LogP contribution is -2.54. The number of hydrogen-bond acceptors (Lipinski definition) is 8. The number of amides is 4. The van der Waals surface area contributed by atoms with Gasteiger partial charge in [-0.15, -0.1) is 0 Å². The van der Waals surface area contributed by atoms with Crippen molar-refractivity contribution in [2.75, 3.05) is 23.7 Å². The minimum atomic E-state index is -1.37. The Morgan fingerprint density at radius 3 is 1.05 bits per heavy atom. The number of nitrogens with one attached hydrogen (secondary N) is 4. The second kappa shape index (κ2) is 32.2. The Morgan fingerprint density at radius 1 is 0.407 bits per heavy atom. The van der Waals surface area contributed by atoms with Crippen LogP contribution in [0, 0.1) is 0 Å². The molecular weight excluding hydrogens is 1320 g/mol. The van der Waals surface area contributed by atoms with Gasteiger partial charge in [0.2, 0.25) is 0 Å². The Labute approximate surface area is 571 Å². The highest BCUT2D eigenvalue weighted by atomic mass is 35.5. The van der Waals surface area contributed by atoms with Gasteiger partial charge in [-0.1, -0.05) is 240 Å². The smallest absolute Gasteiger partial charge is 0.326 e. The van der Waals surface area contributed by atoms with Crippen LogP contribution in [0.1, 0.15) is 191 Å². The number of nitrogens with zero attached hydrogens (tertiary/aromatic N) is 4. The molecule has 2 aliphatic heterocycles. The molecule has 2 fully saturated rings. The number of rotatable bonds is 33. The van der Waals surface area contributed by atoms with Gasteiger partial charge in [-0.3, -0.25) is 19.8 Å². The van der Waals surface area contributed by atoms with Crippen LogP contribution in [0.5, 0.6) is 0 Å². The minimum Gasteiger partial charge on any atom is -0.339 e. The first-order valence-corrected chi connectivity index (χ1v) is 35.0. The first kappa shape index (κ1) is 70.0. The average Bonchev–Trinajstić information content (AvgIpc) is 1.74. The summed E-state index contributed by atoms with van der Waals surface area (Å²) in [5.74, 6) is -2.31. The highest BCUT2D eigenvalue weighted by Gasteiger charge is 2.53. The predicted molar refractivity (Wildman–Crippen MR) is 375 cm³/mol. The van der Waals surface area contributed by atoms with E-state index in [2.05, 4.69) is 34.7 Å². The van der Waals surface area contributed by atoms with E-state index in [1.165, 1.54) is 88.5 Å². The molecule has 2 aromatic heterocycles. The maximum Gasteiger partial charge on any atom is 0.326 e. The first-order chi connectivity index (χ1) is 43.9. The van der Waals surface area contributed by atoms with Gasteiger partial charge in [0.1, 0.15) is 34.4 Å². The van der Waals surface area contributed by atoms with Gasteiger partial charge >= 0.3 is 23.6 Å². The van der Waals surface area contributed by atoms with E-state index in [-0.39, 0.29) is 148 Å². The fourth-order valence-electron chi connectivity index (χ4n) is 13.0. The number of benzene rings is 5. The molecule has 2 saturated heterocycles. The molecule has 4 amide bonds. The zero-order valence-corrected chi connectivity index (χ0v) is 57.4. The largest absolute Gasteiger partial charge is 0.339 e. The zero-order valence-electron chi connectivity index (χ0n) is 51.4. The van der Waals surface area contributed by atoms with Crippen LogP contribution in [0.4, 0.5) is 34.4 Å². The molecule has 4 heterocycles. The monoisotopic (exact) mass is 1390 g/mol. The number of carbonyl (C=O) groups is 4. The molecule has 91 heavy (non-hydrogen) atoms. The highest BCUT2D eigenvalue weighted by molar-refractivity contribution is 6.41. The Balaban J connectivity index is 1.18. The fraction of sp³-hybridized carbons (Fsp3) is 0.420. The molecular formula is C69H78Cl8N8O6+2. The van der Waals surface area contributed by atoms with E-state index in [0.717, 1.165) is 60.7 Å². The van der Waals surface area contributed by atoms with Crippen LogP contribution in [0.25, 0.3) is 11.4 Å². The number of imide groups is 2. The molecule has 0 unspecified atom stereocenters. The van der Waals surface area contributed by atoms with Crippen LogP contribution < -0.4 is 30.7 Å². The van der Waals surface area contributed by atoms with Crippen LogP contribution >= 0.6 is 92.8 Å². The molecule has 0 saturated carbocycles. The van der Waals surface area contributed by atoms with Crippen molar-refractivity contribution >= 4 is 151 Å². The molecule has 2 aliphatic rings. The van der Waals surface area contributed by atoms with Crippen LogP contribution in [-0.4, -0.2) is 56.3 Å². The molecule has 5 aromatic carbocycles. The van der Waals surface area contributed by atoms with Crippen molar-refractivity contribution in [3.63, 3.8) is 0 Å². The van der Waals surface area contributed by atoms with E-state index < -0.39 is 26.0 Å². The van der Waals surface area contributed by atoms with Gasteiger partial charge in [-0.25, -0.2) is 28.5 Å².